The van der Waals surface area contributed by atoms with Crippen molar-refractivity contribution in [3.05, 3.63) is 46.4 Å². The zero-order chi connectivity index (χ0) is 26.9. The predicted octanol–water partition coefficient (Wildman–Crippen LogP) is 4.32. The van der Waals surface area contributed by atoms with Gasteiger partial charge in [0.15, 0.2) is 12.4 Å². The van der Waals surface area contributed by atoms with Crippen LogP contribution in [0.3, 0.4) is 0 Å². The first-order valence-corrected chi connectivity index (χ1v) is 13.5. The number of benzene rings is 2. The zero-order valence-corrected chi connectivity index (χ0v) is 22.3. The van der Waals surface area contributed by atoms with Gasteiger partial charge in [0.2, 0.25) is 21.7 Å². The molecular weight excluding hydrogens is 559 g/mol. The van der Waals surface area contributed by atoms with Crippen molar-refractivity contribution in [2.45, 2.75) is 13.3 Å². The third-order valence-electron chi connectivity index (χ3n) is 4.21. The van der Waals surface area contributed by atoms with Crippen LogP contribution in [0.4, 0.5) is 16.2 Å². The average molecular weight is 582 g/mol. The summed E-state index contributed by atoms with van der Waals surface area (Å²) in [5.74, 6) is 0.101. The summed E-state index contributed by atoms with van der Waals surface area (Å²) in [5.41, 5.74) is 0.889. The summed E-state index contributed by atoms with van der Waals surface area (Å²) in [6, 6.07) is 9.33. The third kappa shape index (κ3) is 9.38. The maximum absolute atomic E-state index is 12.4. The molecule has 196 valence electrons. The summed E-state index contributed by atoms with van der Waals surface area (Å²) in [5, 5.41) is 0.452. The van der Waals surface area contributed by atoms with Crippen molar-refractivity contribution in [1.29, 1.82) is 0 Å². The Bertz CT molecular complexity index is 1180. The molecule has 0 aliphatic rings. The van der Waals surface area contributed by atoms with Crippen molar-refractivity contribution in [3.8, 4) is 11.5 Å². The first kappa shape index (κ1) is 29.5. The fourth-order valence-corrected chi connectivity index (χ4v) is 3.83. The van der Waals surface area contributed by atoms with Gasteiger partial charge in [-0.15, -0.1) is 11.6 Å². The van der Waals surface area contributed by atoms with Gasteiger partial charge in [0.25, 0.3) is 0 Å². The quantitative estimate of drug-likeness (QED) is 0.290. The summed E-state index contributed by atoms with van der Waals surface area (Å²) in [6.07, 6.45) is 0.114. The molecule has 1 N–H and O–H groups in total. The number of Topliss-reactive ketones (excluding diaryl/α,β-unsaturated/α-hetero) is 1. The van der Waals surface area contributed by atoms with Crippen LogP contribution in [0.1, 0.15) is 13.3 Å². The molecule has 2 aromatic carbocycles. The minimum Gasteiger partial charge on any atom is -0.490 e. The molecular formula is C22H23Cl3N2O8S. The van der Waals surface area contributed by atoms with E-state index in [0.717, 1.165) is 6.26 Å². The van der Waals surface area contributed by atoms with Crippen LogP contribution in [0.25, 0.3) is 0 Å². The summed E-state index contributed by atoms with van der Waals surface area (Å²) < 4.78 is 38.9. The Morgan fingerprint density at radius 1 is 0.972 bits per heavy atom. The molecule has 0 unspecified atom stereocenters. The first-order chi connectivity index (χ1) is 16.9. The van der Waals surface area contributed by atoms with E-state index in [1.54, 1.807) is 29.0 Å². The summed E-state index contributed by atoms with van der Waals surface area (Å²) >= 11 is 18.3. The highest BCUT2D eigenvalue weighted by molar-refractivity contribution is 7.89. The van der Waals surface area contributed by atoms with Crippen molar-refractivity contribution >= 4 is 74.0 Å². The van der Waals surface area contributed by atoms with Gasteiger partial charge >= 0.3 is 6.09 Å². The van der Waals surface area contributed by atoms with Crippen molar-refractivity contribution in [1.82, 2.24) is 4.72 Å². The van der Waals surface area contributed by atoms with E-state index in [4.69, 9.17) is 44.3 Å². The molecule has 36 heavy (non-hydrogen) atoms. The number of rotatable bonds is 12. The number of anilines is 2. The lowest BCUT2D eigenvalue weighted by atomic mass is 10.2. The van der Waals surface area contributed by atoms with E-state index >= 15 is 0 Å². The molecule has 0 saturated heterocycles. The second-order valence-electron chi connectivity index (χ2n) is 7.26. The van der Waals surface area contributed by atoms with Gasteiger partial charge in [0.05, 0.1) is 28.6 Å². The number of carbonyl (C=O) groups is 3. The number of nitrogens with zero attached hydrogens (tertiary/aromatic N) is 1. The Kier molecular flexibility index (Phi) is 11.1. The molecule has 10 nitrogen and oxygen atoms in total. The molecule has 2 aromatic rings. The van der Waals surface area contributed by atoms with E-state index in [9.17, 15) is 22.8 Å². The predicted molar refractivity (Wildman–Crippen MR) is 136 cm³/mol. The van der Waals surface area contributed by atoms with Gasteiger partial charge in [-0.2, -0.15) is 0 Å². The fraction of sp³-hybridized carbons (Fsp3) is 0.318. The topological polar surface area (TPSA) is 128 Å². The van der Waals surface area contributed by atoms with E-state index in [1.165, 1.54) is 24.0 Å². The maximum atomic E-state index is 12.4. The first-order valence-electron chi connectivity index (χ1n) is 10.3. The van der Waals surface area contributed by atoms with Crippen LogP contribution in [-0.4, -0.2) is 58.2 Å². The average Bonchev–Trinajstić information content (AvgIpc) is 2.78. The molecule has 0 atom stereocenters. The van der Waals surface area contributed by atoms with E-state index in [2.05, 4.69) is 4.74 Å². The zero-order valence-electron chi connectivity index (χ0n) is 19.3. The number of ketones is 1. The van der Waals surface area contributed by atoms with Gasteiger partial charge in [-0.25, -0.2) is 17.9 Å². The number of amides is 2. The Balaban J connectivity index is 2.05. The number of halogens is 3. The monoisotopic (exact) mass is 580 g/mol. The number of nitrogens with one attached hydrogen (secondary N) is 1. The Hall–Kier alpha value is -2.73. The lowest BCUT2D eigenvalue weighted by molar-refractivity contribution is -0.123. The van der Waals surface area contributed by atoms with Crippen LogP contribution in [0.2, 0.25) is 10.0 Å². The van der Waals surface area contributed by atoms with E-state index in [0.29, 0.717) is 41.8 Å². The lowest BCUT2D eigenvalue weighted by Crippen LogP contribution is -2.32. The number of hydrogen-bond acceptors (Lipinski definition) is 8. The molecule has 2 amide bonds. The maximum Gasteiger partial charge on any atom is 0.421 e. The molecule has 2 rings (SSSR count). The number of ether oxygens (including phenoxy) is 3. The highest BCUT2D eigenvalue weighted by atomic mass is 35.5. The van der Waals surface area contributed by atoms with Crippen LogP contribution in [0.5, 0.6) is 11.5 Å². The number of hydrogen-bond donors (Lipinski definition) is 1. The highest BCUT2D eigenvalue weighted by Crippen LogP contribution is 2.39. The fourth-order valence-electron chi connectivity index (χ4n) is 2.78. The number of sulfonamides is 1. The number of alkyl halides is 1. The van der Waals surface area contributed by atoms with Gasteiger partial charge in [0.1, 0.15) is 12.4 Å². The summed E-state index contributed by atoms with van der Waals surface area (Å²) in [6.45, 7) is 0.599. The van der Waals surface area contributed by atoms with Crippen molar-refractivity contribution in [2.75, 3.05) is 36.9 Å². The molecule has 0 radical (unpaired) electrons. The van der Waals surface area contributed by atoms with E-state index in [-0.39, 0.29) is 16.0 Å². The van der Waals surface area contributed by atoms with Gasteiger partial charge in [-0.1, -0.05) is 23.2 Å². The van der Waals surface area contributed by atoms with Gasteiger partial charge in [-0.3, -0.25) is 14.5 Å². The van der Waals surface area contributed by atoms with Crippen molar-refractivity contribution in [3.63, 3.8) is 0 Å². The second-order valence-corrected chi connectivity index (χ2v) is 10.2. The Labute approximate surface area is 223 Å². The highest BCUT2D eigenvalue weighted by Gasteiger charge is 2.19. The smallest absolute Gasteiger partial charge is 0.421 e. The Morgan fingerprint density at radius 3 is 2.11 bits per heavy atom. The molecule has 0 aliphatic heterocycles. The van der Waals surface area contributed by atoms with Crippen molar-refractivity contribution < 1.29 is 37.0 Å². The minimum absolute atomic E-state index is 0.226. The van der Waals surface area contributed by atoms with E-state index in [1.807, 2.05) is 0 Å². The minimum atomic E-state index is -3.80. The summed E-state index contributed by atoms with van der Waals surface area (Å²) in [4.78, 5) is 36.9. The van der Waals surface area contributed by atoms with E-state index < -0.39 is 35.1 Å². The molecule has 14 heteroatoms. The van der Waals surface area contributed by atoms with Crippen LogP contribution in [-0.2, 0) is 24.3 Å². The second kappa shape index (κ2) is 13.5. The normalized spacial score (nSPS) is 10.9. The van der Waals surface area contributed by atoms with Crippen molar-refractivity contribution in [2.24, 2.45) is 0 Å². The molecule has 0 bridgehead atoms. The molecule has 0 heterocycles. The standard InChI is InChI=1S/C22H23Cl3N2O8S/c1-14(28)27(16-10-19(24)21(20(25)11-16)33-9-3-8-23)15-4-6-18(7-5-15)34-12-17(29)13-35-22(30)26-36(2,31)32/h4-7,10-11H,3,8-9,12-13H2,1-2H3,(H,26,30). The third-order valence-corrected chi connectivity index (χ3v) is 5.57. The lowest BCUT2D eigenvalue weighted by Gasteiger charge is -2.23. The molecule has 0 aromatic heterocycles. The van der Waals surface area contributed by atoms with Crippen LogP contribution in [0, 0.1) is 0 Å². The largest absolute Gasteiger partial charge is 0.490 e. The van der Waals surface area contributed by atoms with Gasteiger partial charge in [-0.05, 0) is 42.8 Å². The number of carbonyl (C=O) groups excluding carboxylic acids is 3. The van der Waals surface area contributed by atoms with Gasteiger partial charge in [0, 0.05) is 18.5 Å². The van der Waals surface area contributed by atoms with Crippen LogP contribution < -0.4 is 19.1 Å². The van der Waals surface area contributed by atoms with Crippen LogP contribution >= 0.6 is 34.8 Å². The molecule has 0 fully saturated rings. The summed E-state index contributed by atoms with van der Waals surface area (Å²) in [7, 11) is -3.80. The molecule has 0 aliphatic carbocycles. The molecule has 0 spiro atoms. The van der Waals surface area contributed by atoms with Gasteiger partial charge < -0.3 is 14.2 Å². The van der Waals surface area contributed by atoms with Crippen LogP contribution in [0.15, 0.2) is 36.4 Å². The molecule has 0 saturated carbocycles. The Morgan fingerprint density at radius 2 is 1.58 bits per heavy atom. The SMILES string of the molecule is CC(=O)N(c1ccc(OCC(=O)COC(=O)NS(C)(=O)=O)cc1)c1cc(Cl)c(OCCCCl)c(Cl)c1.